The van der Waals surface area contributed by atoms with Gasteiger partial charge >= 0.3 is 0 Å². The molecule has 0 radical (unpaired) electrons. The molecule has 3 nitrogen and oxygen atoms in total. The molecule has 60 valence electrons. The number of carbonyl (C=O) groups excluding carboxylic acids is 1. The topological polar surface area (TPSA) is 40.5 Å². The van der Waals surface area contributed by atoms with E-state index >= 15 is 0 Å². The van der Waals surface area contributed by atoms with Gasteiger partial charge in [-0.1, -0.05) is 6.92 Å². The highest BCUT2D eigenvalue weighted by molar-refractivity contribution is 5.57. The molecular weight excluding hydrogens is 130 g/mol. The number of aliphatic hydroxyl groups is 1. The number of hydrogen-bond donors (Lipinski definition) is 1. The van der Waals surface area contributed by atoms with E-state index < -0.39 is 0 Å². The quantitative estimate of drug-likeness (QED) is 0.549. The number of carbonyl (C=O) groups is 1. The molecule has 0 aliphatic carbocycles. The Morgan fingerprint density at radius 2 is 2.30 bits per heavy atom. The first-order valence-electron chi connectivity index (χ1n) is 3.52. The molecule has 0 unspecified atom stereocenters. The molecule has 0 saturated heterocycles. The van der Waals surface area contributed by atoms with E-state index in [1.165, 1.54) is 0 Å². The lowest BCUT2D eigenvalue weighted by Crippen LogP contribution is -2.33. The highest BCUT2D eigenvalue weighted by atomic mass is 16.3. The van der Waals surface area contributed by atoms with Crippen LogP contribution in [0.15, 0.2) is 0 Å². The first kappa shape index (κ1) is 9.59. The van der Waals surface area contributed by atoms with Gasteiger partial charge in [-0.25, -0.2) is 0 Å². The Hall–Kier alpha value is -0.410. The molecule has 0 aliphatic rings. The summed E-state index contributed by atoms with van der Waals surface area (Å²) in [4.78, 5) is 12.2. The fraction of sp³-hybridized carbons (Fsp3) is 0.857. The van der Waals surface area contributed by atoms with Crippen LogP contribution in [-0.2, 0) is 4.79 Å². The van der Waals surface area contributed by atoms with Crippen LogP contribution in [0, 0.1) is 0 Å². The third-order valence-corrected chi connectivity index (χ3v) is 1.65. The lowest BCUT2D eigenvalue weighted by molar-refractivity contribution is -0.112. The minimum absolute atomic E-state index is 0.0771. The predicted octanol–water partition coefficient (Wildman–Crippen LogP) is -0.112. The van der Waals surface area contributed by atoms with Gasteiger partial charge < -0.3 is 9.90 Å². The summed E-state index contributed by atoms with van der Waals surface area (Å²) in [6.07, 6.45) is 1.41. The molecule has 0 aliphatic heterocycles. The first-order chi connectivity index (χ1) is 4.76. The summed E-state index contributed by atoms with van der Waals surface area (Å²) in [5.74, 6) is 0. The van der Waals surface area contributed by atoms with Crippen molar-refractivity contribution in [1.29, 1.82) is 0 Å². The Morgan fingerprint density at radius 3 is 2.60 bits per heavy atom. The molecular formula is C7H15NO2. The number of hydrogen-bond acceptors (Lipinski definition) is 3. The van der Waals surface area contributed by atoms with Crippen molar-refractivity contribution in [2.75, 3.05) is 20.2 Å². The van der Waals surface area contributed by atoms with Gasteiger partial charge in [0.05, 0.1) is 6.04 Å². The Labute approximate surface area is 61.6 Å². The molecule has 0 rings (SSSR count). The molecule has 0 heterocycles. The van der Waals surface area contributed by atoms with E-state index in [1.807, 2.05) is 18.9 Å². The van der Waals surface area contributed by atoms with Crippen molar-refractivity contribution in [3.05, 3.63) is 0 Å². The summed E-state index contributed by atoms with van der Waals surface area (Å²) in [5.41, 5.74) is 0. The third-order valence-electron chi connectivity index (χ3n) is 1.65. The van der Waals surface area contributed by atoms with Crippen molar-refractivity contribution < 1.29 is 9.90 Å². The fourth-order valence-electron chi connectivity index (χ4n) is 0.759. The van der Waals surface area contributed by atoms with Crippen LogP contribution in [0.25, 0.3) is 0 Å². The molecule has 0 aromatic carbocycles. The van der Waals surface area contributed by atoms with Crippen LogP contribution in [0.5, 0.6) is 0 Å². The average Bonchev–Trinajstić information content (AvgIpc) is 1.99. The maximum Gasteiger partial charge on any atom is 0.137 e. The highest BCUT2D eigenvalue weighted by Gasteiger charge is 2.09. The zero-order chi connectivity index (χ0) is 7.98. The number of aliphatic hydroxyl groups excluding tert-OH is 1. The van der Waals surface area contributed by atoms with E-state index in [0.29, 0.717) is 6.42 Å². The summed E-state index contributed by atoms with van der Waals surface area (Å²) in [6, 6.07) is -0.116. The van der Waals surface area contributed by atoms with Gasteiger partial charge in [-0.05, 0) is 20.0 Å². The molecule has 1 N–H and O–H groups in total. The van der Waals surface area contributed by atoms with E-state index in [-0.39, 0.29) is 12.6 Å². The van der Waals surface area contributed by atoms with Crippen LogP contribution in [0.4, 0.5) is 0 Å². The SMILES string of the molecule is CCN(C)[C@H](C=O)CCO. The normalized spacial score (nSPS) is 13.6. The zero-order valence-electron chi connectivity index (χ0n) is 6.58. The van der Waals surface area contributed by atoms with Crippen LogP contribution in [0.3, 0.4) is 0 Å². The second-order valence-electron chi connectivity index (χ2n) is 2.29. The second kappa shape index (κ2) is 5.38. The van der Waals surface area contributed by atoms with Gasteiger partial charge in [-0.3, -0.25) is 4.90 Å². The number of aldehydes is 1. The van der Waals surface area contributed by atoms with E-state index in [0.717, 1.165) is 12.8 Å². The second-order valence-corrected chi connectivity index (χ2v) is 2.29. The molecule has 1 atom stereocenters. The van der Waals surface area contributed by atoms with Crippen LogP contribution in [-0.4, -0.2) is 42.5 Å². The fourth-order valence-corrected chi connectivity index (χ4v) is 0.759. The van der Waals surface area contributed by atoms with Gasteiger partial charge in [-0.15, -0.1) is 0 Å². The molecule has 3 heteroatoms. The van der Waals surface area contributed by atoms with Gasteiger partial charge in [0.1, 0.15) is 6.29 Å². The van der Waals surface area contributed by atoms with Crippen molar-refractivity contribution in [2.45, 2.75) is 19.4 Å². The molecule has 0 fully saturated rings. The summed E-state index contributed by atoms with van der Waals surface area (Å²) >= 11 is 0. The lowest BCUT2D eigenvalue weighted by Gasteiger charge is -2.20. The molecule has 0 aromatic rings. The van der Waals surface area contributed by atoms with Crippen molar-refractivity contribution in [3.8, 4) is 0 Å². The van der Waals surface area contributed by atoms with Gasteiger partial charge in [0.15, 0.2) is 0 Å². The molecule has 10 heavy (non-hydrogen) atoms. The molecule has 0 amide bonds. The van der Waals surface area contributed by atoms with E-state index in [1.54, 1.807) is 0 Å². The monoisotopic (exact) mass is 145 g/mol. The van der Waals surface area contributed by atoms with Crippen molar-refractivity contribution in [1.82, 2.24) is 4.90 Å². The number of rotatable bonds is 5. The third kappa shape index (κ3) is 2.94. The van der Waals surface area contributed by atoms with E-state index in [4.69, 9.17) is 5.11 Å². The van der Waals surface area contributed by atoms with Crippen molar-refractivity contribution in [3.63, 3.8) is 0 Å². The molecule has 0 bridgehead atoms. The Morgan fingerprint density at radius 1 is 1.70 bits per heavy atom. The maximum atomic E-state index is 10.3. The first-order valence-corrected chi connectivity index (χ1v) is 3.52. The van der Waals surface area contributed by atoms with Crippen LogP contribution in [0.2, 0.25) is 0 Å². The van der Waals surface area contributed by atoms with Crippen molar-refractivity contribution in [2.24, 2.45) is 0 Å². The minimum atomic E-state index is -0.116. The molecule has 0 spiro atoms. The standard InChI is InChI=1S/C7H15NO2/c1-3-8(2)7(6-10)4-5-9/h6-7,9H,3-5H2,1-2H3/t7-/m0/s1. The summed E-state index contributed by atoms with van der Waals surface area (Å²) in [6.45, 7) is 2.89. The Bertz CT molecular complexity index is 95.6. The van der Waals surface area contributed by atoms with Crippen LogP contribution < -0.4 is 0 Å². The summed E-state index contributed by atoms with van der Waals surface area (Å²) in [5, 5.41) is 8.53. The van der Waals surface area contributed by atoms with E-state index in [2.05, 4.69) is 0 Å². The number of likely N-dealkylation sites (N-methyl/N-ethyl adjacent to an activating group) is 1. The summed E-state index contributed by atoms with van der Waals surface area (Å²) < 4.78 is 0. The van der Waals surface area contributed by atoms with Gasteiger partial charge in [0.25, 0.3) is 0 Å². The minimum Gasteiger partial charge on any atom is -0.396 e. The van der Waals surface area contributed by atoms with E-state index in [9.17, 15) is 4.79 Å². The lowest BCUT2D eigenvalue weighted by atomic mass is 10.2. The molecule has 0 aromatic heterocycles. The average molecular weight is 145 g/mol. The number of nitrogens with zero attached hydrogens (tertiary/aromatic N) is 1. The van der Waals surface area contributed by atoms with Gasteiger partial charge in [0.2, 0.25) is 0 Å². The van der Waals surface area contributed by atoms with Crippen molar-refractivity contribution >= 4 is 6.29 Å². The largest absolute Gasteiger partial charge is 0.396 e. The zero-order valence-corrected chi connectivity index (χ0v) is 6.58. The summed E-state index contributed by atoms with van der Waals surface area (Å²) in [7, 11) is 1.87. The smallest absolute Gasteiger partial charge is 0.137 e. The van der Waals surface area contributed by atoms with Gasteiger partial charge in [0, 0.05) is 6.61 Å². The molecule has 0 saturated carbocycles. The predicted molar refractivity (Wildman–Crippen MR) is 39.9 cm³/mol. The van der Waals surface area contributed by atoms with Gasteiger partial charge in [-0.2, -0.15) is 0 Å². The maximum absolute atomic E-state index is 10.3. The highest BCUT2D eigenvalue weighted by Crippen LogP contribution is 1.96. The van der Waals surface area contributed by atoms with Crippen LogP contribution in [0.1, 0.15) is 13.3 Å². The Balaban J connectivity index is 3.67. The Kier molecular flexibility index (Phi) is 5.16. The van der Waals surface area contributed by atoms with Crippen LogP contribution >= 0.6 is 0 Å².